The van der Waals surface area contributed by atoms with E-state index in [0.717, 1.165) is 10.2 Å². The van der Waals surface area contributed by atoms with E-state index in [1.54, 1.807) is 23.9 Å². The number of carbonyl (C=O) groups is 1. The molecule has 23 heavy (non-hydrogen) atoms. The summed E-state index contributed by atoms with van der Waals surface area (Å²) in [6.07, 6.45) is 0. The lowest BCUT2D eigenvalue weighted by atomic mass is 10.2. The molecular formula is C17H17BrClNO2S. The third kappa shape index (κ3) is 6.45. The van der Waals surface area contributed by atoms with Crippen molar-refractivity contribution in [3.63, 3.8) is 0 Å². The maximum absolute atomic E-state index is 11.8. The van der Waals surface area contributed by atoms with Gasteiger partial charge in [0.05, 0.1) is 5.02 Å². The van der Waals surface area contributed by atoms with Crippen LogP contribution in [0, 0.1) is 6.92 Å². The van der Waals surface area contributed by atoms with Gasteiger partial charge < -0.3 is 10.1 Å². The van der Waals surface area contributed by atoms with Crippen LogP contribution in [-0.4, -0.2) is 24.8 Å². The normalized spacial score (nSPS) is 10.4. The molecule has 0 fully saturated rings. The zero-order valence-electron chi connectivity index (χ0n) is 12.6. The van der Waals surface area contributed by atoms with Crippen molar-refractivity contribution in [2.75, 3.05) is 18.9 Å². The van der Waals surface area contributed by atoms with E-state index in [9.17, 15) is 4.79 Å². The summed E-state index contributed by atoms with van der Waals surface area (Å²) in [5.74, 6) is 1.15. The summed E-state index contributed by atoms with van der Waals surface area (Å²) in [5, 5.41) is 3.30. The van der Waals surface area contributed by atoms with E-state index in [1.165, 1.54) is 10.5 Å². The SMILES string of the molecule is Cc1ccc(SCCNC(=O)COc2ccc(Br)cc2Cl)cc1. The molecule has 0 unspecified atom stereocenters. The van der Waals surface area contributed by atoms with Gasteiger partial charge in [-0.3, -0.25) is 4.79 Å². The molecule has 0 aliphatic heterocycles. The lowest BCUT2D eigenvalue weighted by molar-refractivity contribution is -0.122. The van der Waals surface area contributed by atoms with Crippen molar-refractivity contribution < 1.29 is 9.53 Å². The first-order valence-electron chi connectivity index (χ1n) is 7.08. The molecule has 0 bridgehead atoms. The fourth-order valence-corrected chi connectivity index (χ4v) is 3.28. The Morgan fingerprint density at radius 1 is 1.26 bits per heavy atom. The summed E-state index contributed by atoms with van der Waals surface area (Å²) >= 11 is 11.1. The Morgan fingerprint density at radius 3 is 2.70 bits per heavy atom. The van der Waals surface area contributed by atoms with Crippen LogP contribution >= 0.6 is 39.3 Å². The molecule has 6 heteroatoms. The second kappa shape index (κ2) is 9.21. The molecule has 2 aromatic carbocycles. The van der Waals surface area contributed by atoms with Crippen LogP contribution in [0.5, 0.6) is 5.75 Å². The van der Waals surface area contributed by atoms with Crippen molar-refractivity contribution >= 4 is 45.2 Å². The highest BCUT2D eigenvalue weighted by molar-refractivity contribution is 9.10. The average molecular weight is 415 g/mol. The Kier molecular flexibility index (Phi) is 7.27. The van der Waals surface area contributed by atoms with Crippen LogP contribution < -0.4 is 10.1 Å². The molecule has 2 rings (SSSR count). The van der Waals surface area contributed by atoms with Gasteiger partial charge in [0.2, 0.25) is 0 Å². The van der Waals surface area contributed by atoms with Crippen molar-refractivity contribution in [2.24, 2.45) is 0 Å². The van der Waals surface area contributed by atoms with Crippen LogP contribution in [0.15, 0.2) is 51.8 Å². The summed E-state index contributed by atoms with van der Waals surface area (Å²) in [4.78, 5) is 12.9. The van der Waals surface area contributed by atoms with E-state index in [2.05, 4.69) is 52.4 Å². The number of aryl methyl sites for hydroxylation is 1. The quantitative estimate of drug-likeness (QED) is 0.527. The van der Waals surface area contributed by atoms with Crippen molar-refractivity contribution in [1.29, 1.82) is 0 Å². The molecule has 0 aliphatic rings. The van der Waals surface area contributed by atoms with Crippen LogP contribution in [0.1, 0.15) is 5.56 Å². The molecule has 122 valence electrons. The van der Waals surface area contributed by atoms with Gasteiger partial charge in [-0.2, -0.15) is 0 Å². The van der Waals surface area contributed by atoms with E-state index in [1.807, 2.05) is 6.07 Å². The smallest absolute Gasteiger partial charge is 0.257 e. The van der Waals surface area contributed by atoms with Crippen LogP contribution in [0.3, 0.4) is 0 Å². The van der Waals surface area contributed by atoms with Gasteiger partial charge in [-0.1, -0.05) is 45.2 Å². The molecule has 1 N–H and O–H groups in total. The van der Waals surface area contributed by atoms with Gasteiger partial charge in [0.25, 0.3) is 5.91 Å². The fraction of sp³-hybridized carbons (Fsp3) is 0.235. The van der Waals surface area contributed by atoms with Gasteiger partial charge in [0, 0.05) is 21.7 Å². The Bertz CT molecular complexity index is 664. The van der Waals surface area contributed by atoms with Gasteiger partial charge >= 0.3 is 0 Å². The third-order valence-electron chi connectivity index (χ3n) is 2.97. The van der Waals surface area contributed by atoms with Crippen LogP contribution in [0.2, 0.25) is 5.02 Å². The Balaban J connectivity index is 1.66. The predicted molar refractivity (Wildman–Crippen MR) is 99.6 cm³/mol. The number of benzene rings is 2. The molecule has 0 aliphatic carbocycles. The number of amides is 1. The van der Waals surface area contributed by atoms with Crippen molar-refractivity contribution in [1.82, 2.24) is 5.32 Å². The Morgan fingerprint density at radius 2 is 2.00 bits per heavy atom. The van der Waals surface area contributed by atoms with Gasteiger partial charge in [-0.25, -0.2) is 0 Å². The van der Waals surface area contributed by atoms with E-state index >= 15 is 0 Å². The van der Waals surface area contributed by atoms with E-state index < -0.39 is 0 Å². The van der Waals surface area contributed by atoms with Crippen LogP contribution in [0.4, 0.5) is 0 Å². The zero-order chi connectivity index (χ0) is 16.7. The second-order valence-corrected chi connectivity index (χ2v) is 7.37. The third-order valence-corrected chi connectivity index (χ3v) is 4.77. The Labute approximate surface area is 153 Å². The molecule has 0 atom stereocenters. The molecule has 0 saturated heterocycles. The topological polar surface area (TPSA) is 38.3 Å². The van der Waals surface area contributed by atoms with Crippen molar-refractivity contribution in [3.05, 3.63) is 57.5 Å². The summed E-state index contributed by atoms with van der Waals surface area (Å²) in [6.45, 7) is 2.61. The van der Waals surface area contributed by atoms with E-state index in [4.69, 9.17) is 16.3 Å². The number of hydrogen-bond acceptors (Lipinski definition) is 3. The number of nitrogens with one attached hydrogen (secondary N) is 1. The highest BCUT2D eigenvalue weighted by Crippen LogP contribution is 2.27. The minimum absolute atomic E-state index is 0.0451. The Hall–Kier alpha value is -1.17. The lowest BCUT2D eigenvalue weighted by Gasteiger charge is -2.09. The van der Waals surface area contributed by atoms with Gasteiger partial charge in [0.15, 0.2) is 6.61 Å². The number of rotatable bonds is 7. The summed E-state index contributed by atoms with van der Waals surface area (Å²) in [7, 11) is 0. The van der Waals surface area contributed by atoms with Crippen LogP contribution in [0.25, 0.3) is 0 Å². The fourth-order valence-electron chi connectivity index (χ4n) is 1.78. The van der Waals surface area contributed by atoms with Gasteiger partial charge in [0.1, 0.15) is 5.75 Å². The maximum Gasteiger partial charge on any atom is 0.257 e. The molecule has 0 heterocycles. The monoisotopic (exact) mass is 413 g/mol. The summed E-state index contributed by atoms with van der Waals surface area (Å²) in [5.41, 5.74) is 1.24. The van der Waals surface area contributed by atoms with Crippen molar-refractivity contribution in [3.8, 4) is 5.75 Å². The van der Waals surface area contributed by atoms with Gasteiger partial charge in [-0.15, -0.1) is 11.8 Å². The maximum atomic E-state index is 11.8. The summed E-state index contributed by atoms with van der Waals surface area (Å²) < 4.78 is 6.28. The zero-order valence-corrected chi connectivity index (χ0v) is 15.8. The molecular weight excluding hydrogens is 398 g/mol. The number of ether oxygens (including phenoxy) is 1. The largest absolute Gasteiger partial charge is 0.482 e. The standard InChI is InChI=1S/C17H17BrClNO2S/c1-12-2-5-14(6-3-12)23-9-8-20-17(21)11-22-16-7-4-13(18)10-15(16)19/h2-7,10H,8-9,11H2,1H3,(H,20,21). The second-order valence-electron chi connectivity index (χ2n) is 4.87. The minimum atomic E-state index is -0.159. The number of halogens is 2. The predicted octanol–water partition coefficient (Wildman–Crippen LogP) is 4.70. The molecule has 2 aromatic rings. The number of thioether (sulfide) groups is 1. The van der Waals surface area contributed by atoms with Crippen molar-refractivity contribution in [2.45, 2.75) is 11.8 Å². The molecule has 3 nitrogen and oxygen atoms in total. The van der Waals surface area contributed by atoms with Gasteiger partial charge in [-0.05, 0) is 37.3 Å². The molecule has 1 amide bonds. The highest BCUT2D eigenvalue weighted by Gasteiger charge is 2.06. The first kappa shape index (κ1) is 18.2. The van der Waals surface area contributed by atoms with E-state index in [0.29, 0.717) is 17.3 Å². The molecule has 0 radical (unpaired) electrons. The summed E-state index contributed by atoms with van der Waals surface area (Å²) in [6, 6.07) is 13.6. The molecule has 0 aromatic heterocycles. The number of hydrogen-bond donors (Lipinski definition) is 1. The minimum Gasteiger partial charge on any atom is -0.482 e. The lowest BCUT2D eigenvalue weighted by Crippen LogP contribution is -2.30. The average Bonchev–Trinajstić information content (AvgIpc) is 2.52. The first-order chi connectivity index (χ1) is 11.0. The first-order valence-corrected chi connectivity index (χ1v) is 9.24. The van der Waals surface area contributed by atoms with Crippen LogP contribution in [-0.2, 0) is 4.79 Å². The molecule has 0 spiro atoms. The number of carbonyl (C=O) groups excluding carboxylic acids is 1. The highest BCUT2D eigenvalue weighted by atomic mass is 79.9. The molecule has 0 saturated carbocycles. The van der Waals surface area contributed by atoms with E-state index in [-0.39, 0.29) is 12.5 Å².